The third-order valence-corrected chi connectivity index (χ3v) is 2.84. The lowest BCUT2D eigenvalue weighted by molar-refractivity contribution is 0.414. The van der Waals surface area contributed by atoms with E-state index in [0.29, 0.717) is 5.95 Å². The van der Waals surface area contributed by atoms with Crippen LogP contribution < -0.4 is 21.3 Å². The minimum absolute atomic E-state index is 0.411. The number of nitrogens with zero attached hydrogens (tertiary/aromatic N) is 2. The van der Waals surface area contributed by atoms with E-state index in [2.05, 4.69) is 26.8 Å². The topological polar surface area (TPSA) is 85.1 Å². The summed E-state index contributed by atoms with van der Waals surface area (Å²) in [6, 6.07) is 9.90. The molecule has 0 aliphatic carbocycles. The van der Waals surface area contributed by atoms with Gasteiger partial charge in [0.2, 0.25) is 5.95 Å². The molecule has 0 atom stereocenters. The molecule has 1 aromatic heterocycles. The zero-order valence-corrected chi connectivity index (χ0v) is 11.7. The van der Waals surface area contributed by atoms with Crippen LogP contribution in [0.3, 0.4) is 0 Å². The molecule has 2 rings (SSSR count). The number of nitrogens with one attached hydrogen (secondary N) is 2. The molecule has 0 bridgehead atoms. The highest BCUT2D eigenvalue weighted by Crippen LogP contribution is 2.13. The van der Waals surface area contributed by atoms with Gasteiger partial charge in [0.25, 0.3) is 0 Å². The van der Waals surface area contributed by atoms with Crippen LogP contribution in [0.4, 0.5) is 11.8 Å². The number of ether oxygens (including phenoxy) is 1. The van der Waals surface area contributed by atoms with Gasteiger partial charge >= 0.3 is 0 Å². The average molecular weight is 273 g/mol. The highest BCUT2D eigenvalue weighted by molar-refractivity contribution is 5.41. The van der Waals surface area contributed by atoms with Gasteiger partial charge in [-0.05, 0) is 31.0 Å². The van der Waals surface area contributed by atoms with E-state index in [4.69, 9.17) is 10.6 Å². The van der Waals surface area contributed by atoms with Gasteiger partial charge in [-0.3, -0.25) is 5.43 Å². The van der Waals surface area contributed by atoms with Gasteiger partial charge in [0.05, 0.1) is 7.11 Å². The van der Waals surface area contributed by atoms with Gasteiger partial charge in [0.1, 0.15) is 11.6 Å². The number of rotatable bonds is 6. The summed E-state index contributed by atoms with van der Waals surface area (Å²) in [6.45, 7) is 2.67. The van der Waals surface area contributed by atoms with Gasteiger partial charge in [0, 0.05) is 18.3 Å². The summed E-state index contributed by atoms with van der Waals surface area (Å²) >= 11 is 0. The van der Waals surface area contributed by atoms with Crippen LogP contribution in [0.15, 0.2) is 30.3 Å². The van der Waals surface area contributed by atoms with Gasteiger partial charge < -0.3 is 10.1 Å². The fourth-order valence-electron chi connectivity index (χ4n) is 1.89. The number of anilines is 2. The maximum atomic E-state index is 5.32. The third kappa shape index (κ3) is 3.83. The van der Waals surface area contributed by atoms with Crippen molar-refractivity contribution in [2.24, 2.45) is 5.84 Å². The summed E-state index contributed by atoms with van der Waals surface area (Å²) in [7, 11) is 1.67. The number of aryl methyl sites for hydroxylation is 1. The lowest BCUT2D eigenvalue weighted by Gasteiger charge is -2.08. The zero-order chi connectivity index (χ0) is 14.4. The Labute approximate surface area is 118 Å². The van der Waals surface area contributed by atoms with Crippen molar-refractivity contribution in [3.63, 3.8) is 0 Å². The first-order valence-electron chi connectivity index (χ1n) is 6.40. The molecule has 20 heavy (non-hydrogen) atoms. The Bertz CT molecular complexity index is 573. The number of hydrazine groups is 1. The molecule has 6 heteroatoms. The molecule has 0 fully saturated rings. The molecule has 0 saturated carbocycles. The first-order chi connectivity index (χ1) is 9.71. The van der Waals surface area contributed by atoms with Crippen molar-refractivity contribution in [1.29, 1.82) is 0 Å². The number of nitrogen functional groups attached to an aromatic ring is 1. The number of hydrogen-bond donors (Lipinski definition) is 3. The summed E-state index contributed by atoms with van der Waals surface area (Å²) in [5, 5.41) is 3.26. The van der Waals surface area contributed by atoms with Crippen LogP contribution >= 0.6 is 0 Å². The third-order valence-electron chi connectivity index (χ3n) is 2.84. The number of aromatic nitrogens is 2. The first kappa shape index (κ1) is 14.1. The van der Waals surface area contributed by atoms with Gasteiger partial charge in [-0.2, -0.15) is 4.98 Å². The van der Waals surface area contributed by atoms with Gasteiger partial charge in [-0.15, -0.1) is 0 Å². The Hall–Kier alpha value is -2.34. The van der Waals surface area contributed by atoms with Crippen molar-refractivity contribution < 1.29 is 4.74 Å². The molecule has 0 unspecified atom stereocenters. The summed E-state index contributed by atoms with van der Waals surface area (Å²) in [6.07, 6.45) is 0.881. The van der Waals surface area contributed by atoms with E-state index in [-0.39, 0.29) is 0 Å². The molecule has 6 nitrogen and oxygen atoms in total. The minimum atomic E-state index is 0.411. The highest BCUT2D eigenvalue weighted by atomic mass is 16.5. The molecule has 0 radical (unpaired) electrons. The quantitative estimate of drug-likeness (QED) is 0.549. The monoisotopic (exact) mass is 273 g/mol. The van der Waals surface area contributed by atoms with Crippen LogP contribution in [-0.2, 0) is 6.42 Å². The molecule has 0 amide bonds. The summed E-state index contributed by atoms with van der Waals surface area (Å²) < 4.78 is 5.20. The first-order valence-corrected chi connectivity index (χ1v) is 6.40. The standard InChI is InChI=1S/C14H19N5O/c1-10-8-13(18-14(17-10)19-15)16-7-6-11-4-3-5-12(9-11)20-2/h3-5,8-9H,6-7,15H2,1-2H3,(H2,16,17,18,19). The van der Waals surface area contributed by atoms with Gasteiger partial charge in [0.15, 0.2) is 0 Å². The second-order valence-corrected chi connectivity index (χ2v) is 4.39. The van der Waals surface area contributed by atoms with E-state index in [1.54, 1.807) is 7.11 Å². The average Bonchev–Trinajstić information content (AvgIpc) is 2.47. The predicted molar refractivity (Wildman–Crippen MR) is 79.8 cm³/mol. The van der Waals surface area contributed by atoms with E-state index in [1.807, 2.05) is 31.2 Å². The molecule has 1 heterocycles. The van der Waals surface area contributed by atoms with E-state index < -0.39 is 0 Å². The maximum absolute atomic E-state index is 5.32. The summed E-state index contributed by atoms with van der Waals surface area (Å²) in [5.41, 5.74) is 4.52. The Morgan fingerprint density at radius 3 is 2.85 bits per heavy atom. The highest BCUT2D eigenvalue weighted by Gasteiger charge is 2.01. The number of methoxy groups -OCH3 is 1. The van der Waals surface area contributed by atoms with Gasteiger partial charge in [-0.1, -0.05) is 12.1 Å². The number of nitrogens with two attached hydrogens (primary N) is 1. The molecule has 106 valence electrons. The SMILES string of the molecule is COc1cccc(CCNc2cc(C)nc(NN)n2)c1. The van der Waals surface area contributed by atoms with Crippen LogP contribution in [0, 0.1) is 6.92 Å². The van der Waals surface area contributed by atoms with Crippen LogP contribution in [0.25, 0.3) is 0 Å². The summed E-state index contributed by atoms with van der Waals surface area (Å²) in [5.74, 6) is 7.36. The number of hydrogen-bond acceptors (Lipinski definition) is 6. The molecule has 0 spiro atoms. The van der Waals surface area contributed by atoms with Crippen molar-refractivity contribution in [3.8, 4) is 5.75 Å². The minimum Gasteiger partial charge on any atom is -0.497 e. The normalized spacial score (nSPS) is 10.2. The molecule has 0 aliphatic heterocycles. The zero-order valence-electron chi connectivity index (χ0n) is 11.7. The maximum Gasteiger partial charge on any atom is 0.239 e. The molecular weight excluding hydrogens is 254 g/mol. The van der Waals surface area contributed by atoms with Crippen LogP contribution in [0.1, 0.15) is 11.3 Å². The van der Waals surface area contributed by atoms with Crippen LogP contribution in [-0.4, -0.2) is 23.6 Å². The lowest BCUT2D eigenvalue weighted by atomic mass is 10.1. The smallest absolute Gasteiger partial charge is 0.239 e. The fraction of sp³-hybridized carbons (Fsp3) is 0.286. The van der Waals surface area contributed by atoms with Crippen molar-refractivity contribution in [2.45, 2.75) is 13.3 Å². The lowest BCUT2D eigenvalue weighted by Crippen LogP contribution is -2.13. The molecule has 0 aliphatic rings. The van der Waals surface area contributed by atoms with E-state index in [9.17, 15) is 0 Å². The Morgan fingerprint density at radius 1 is 1.25 bits per heavy atom. The van der Waals surface area contributed by atoms with Crippen LogP contribution in [0.2, 0.25) is 0 Å². The van der Waals surface area contributed by atoms with Crippen molar-refractivity contribution >= 4 is 11.8 Å². The largest absolute Gasteiger partial charge is 0.497 e. The molecular formula is C14H19N5O. The van der Waals surface area contributed by atoms with E-state index in [0.717, 1.165) is 30.2 Å². The second-order valence-electron chi connectivity index (χ2n) is 4.39. The Kier molecular flexibility index (Phi) is 4.73. The van der Waals surface area contributed by atoms with E-state index in [1.165, 1.54) is 5.56 Å². The second kappa shape index (κ2) is 6.72. The molecule has 2 aromatic rings. The van der Waals surface area contributed by atoms with Gasteiger partial charge in [-0.25, -0.2) is 10.8 Å². The van der Waals surface area contributed by atoms with Crippen LogP contribution in [0.5, 0.6) is 5.75 Å². The molecule has 1 aromatic carbocycles. The van der Waals surface area contributed by atoms with Crippen molar-refractivity contribution in [1.82, 2.24) is 9.97 Å². The summed E-state index contributed by atoms with van der Waals surface area (Å²) in [4.78, 5) is 8.37. The fourth-order valence-corrected chi connectivity index (χ4v) is 1.89. The Morgan fingerprint density at radius 2 is 2.10 bits per heavy atom. The van der Waals surface area contributed by atoms with Crippen molar-refractivity contribution in [2.75, 3.05) is 24.4 Å². The number of benzene rings is 1. The Balaban J connectivity index is 1.93. The van der Waals surface area contributed by atoms with Crippen molar-refractivity contribution in [3.05, 3.63) is 41.6 Å². The predicted octanol–water partition coefficient (Wildman–Crippen LogP) is 1.73. The molecule has 0 saturated heterocycles. The van der Waals surface area contributed by atoms with E-state index >= 15 is 0 Å². The molecule has 4 N–H and O–H groups in total.